The van der Waals surface area contributed by atoms with Gasteiger partial charge in [-0.3, -0.25) is 9.59 Å². The molecule has 0 aromatic heterocycles. The average Bonchev–Trinajstić information content (AvgIpc) is 3.23. The zero-order valence-electron chi connectivity index (χ0n) is 15.9. The van der Waals surface area contributed by atoms with Crippen LogP contribution >= 0.6 is 0 Å². The third kappa shape index (κ3) is 1.84. The highest BCUT2D eigenvalue weighted by Crippen LogP contribution is 2.35. The van der Waals surface area contributed by atoms with Gasteiger partial charge in [-0.25, -0.2) is 0 Å². The molecule has 0 aliphatic carbocycles. The second-order valence-corrected chi connectivity index (χ2v) is 8.05. The van der Waals surface area contributed by atoms with Gasteiger partial charge in [0, 0.05) is 21.5 Å². The minimum atomic E-state index is 0.00150. The Morgan fingerprint density at radius 3 is 1.63 bits per heavy atom. The molecule has 0 spiro atoms. The van der Waals surface area contributed by atoms with Crippen molar-refractivity contribution in [2.45, 2.75) is 0 Å². The standard InChI is InChI=1S/C28H14O2/c29-27-19-8-4-3-7-18(19)21-13-23-22-12-20-16(10-9-15-5-1-2-6-17(15)20)11-24(22)28(30)26(23)14-25(21)27/h1-14H. The Kier molecular flexibility index (Phi) is 2.80. The maximum absolute atomic E-state index is 13.3. The summed E-state index contributed by atoms with van der Waals surface area (Å²) < 4.78 is 0. The van der Waals surface area contributed by atoms with Gasteiger partial charge in [0.2, 0.25) is 0 Å². The summed E-state index contributed by atoms with van der Waals surface area (Å²) in [7, 11) is 0. The summed E-state index contributed by atoms with van der Waals surface area (Å²) in [6, 6.07) is 28.2. The Bertz CT molecular complexity index is 1930. The molecule has 0 fully saturated rings. The van der Waals surface area contributed by atoms with Crippen LogP contribution in [0.5, 0.6) is 0 Å². The molecule has 2 nitrogen and oxygen atoms in total. The molecule has 0 N–H and O–H groups in total. The van der Waals surface area contributed by atoms with Crippen molar-refractivity contribution < 1.29 is 0 Å². The summed E-state index contributed by atoms with van der Waals surface area (Å²) in [5.41, 5.74) is 0.00456. The zero-order chi connectivity index (χ0) is 20.0. The zero-order valence-corrected chi connectivity index (χ0v) is 15.9. The second-order valence-electron chi connectivity index (χ2n) is 8.05. The largest absolute Gasteiger partial charge is 0.289 e. The first-order chi connectivity index (χ1) is 14.7. The quantitative estimate of drug-likeness (QED) is 0.293. The van der Waals surface area contributed by atoms with Gasteiger partial charge in [0.15, 0.2) is 10.9 Å². The molecule has 0 aliphatic rings. The minimum Gasteiger partial charge on any atom is -0.289 e. The Morgan fingerprint density at radius 1 is 0.333 bits per heavy atom. The van der Waals surface area contributed by atoms with E-state index in [-0.39, 0.29) is 10.9 Å². The average molecular weight is 382 g/mol. The topological polar surface area (TPSA) is 34.1 Å². The van der Waals surface area contributed by atoms with E-state index in [9.17, 15) is 9.59 Å². The molecule has 2 heteroatoms. The van der Waals surface area contributed by atoms with E-state index in [1.165, 1.54) is 10.8 Å². The lowest BCUT2D eigenvalue weighted by atomic mass is 9.99. The number of rotatable bonds is 0. The van der Waals surface area contributed by atoms with E-state index in [1.807, 2.05) is 48.5 Å². The molecular formula is C28H14O2. The monoisotopic (exact) mass is 382 g/mol. The lowest BCUT2D eigenvalue weighted by Gasteiger charge is -2.04. The van der Waals surface area contributed by atoms with E-state index < -0.39 is 0 Å². The van der Waals surface area contributed by atoms with E-state index in [4.69, 9.17) is 0 Å². The van der Waals surface area contributed by atoms with Gasteiger partial charge < -0.3 is 0 Å². The normalized spacial score (nSPS) is 12.3. The van der Waals surface area contributed by atoms with Gasteiger partial charge >= 0.3 is 0 Å². The third-order valence-corrected chi connectivity index (χ3v) is 6.53. The fourth-order valence-electron chi connectivity index (χ4n) is 5.09. The summed E-state index contributed by atoms with van der Waals surface area (Å²) in [6.07, 6.45) is 0. The van der Waals surface area contributed by atoms with Crippen molar-refractivity contribution in [1.29, 1.82) is 0 Å². The molecule has 7 aromatic carbocycles. The van der Waals surface area contributed by atoms with Crippen molar-refractivity contribution in [3.8, 4) is 0 Å². The van der Waals surface area contributed by atoms with Crippen LogP contribution < -0.4 is 10.9 Å². The molecule has 0 amide bonds. The van der Waals surface area contributed by atoms with Crippen LogP contribution in [0.15, 0.2) is 94.5 Å². The first-order valence-electron chi connectivity index (χ1n) is 10.0. The van der Waals surface area contributed by atoms with Gasteiger partial charge in [-0.2, -0.15) is 0 Å². The molecule has 7 aromatic rings. The van der Waals surface area contributed by atoms with E-state index in [1.54, 1.807) is 6.07 Å². The predicted molar refractivity (Wildman–Crippen MR) is 126 cm³/mol. The molecule has 0 heterocycles. The molecule has 7 rings (SSSR count). The van der Waals surface area contributed by atoms with E-state index in [0.29, 0.717) is 16.2 Å². The summed E-state index contributed by atoms with van der Waals surface area (Å²) in [5.74, 6) is 0. The Balaban J connectivity index is 1.73. The number of benzene rings is 5. The molecule has 0 bridgehead atoms. The van der Waals surface area contributed by atoms with Gasteiger partial charge in [-0.1, -0.05) is 60.7 Å². The van der Waals surface area contributed by atoms with Crippen LogP contribution in [0, 0.1) is 0 Å². The molecule has 0 atom stereocenters. The van der Waals surface area contributed by atoms with Crippen LogP contribution in [0.1, 0.15) is 0 Å². The lowest BCUT2D eigenvalue weighted by Crippen LogP contribution is -1.96. The van der Waals surface area contributed by atoms with Gasteiger partial charge in [-0.15, -0.1) is 0 Å². The number of hydrogen-bond donors (Lipinski definition) is 0. The molecule has 0 saturated carbocycles. The fourth-order valence-corrected chi connectivity index (χ4v) is 5.09. The molecular weight excluding hydrogens is 368 g/mol. The predicted octanol–water partition coefficient (Wildman–Crippen LogP) is 6.20. The van der Waals surface area contributed by atoms with Crippen LogP contribution in [-0.2, 0) is 0 Å². The third-order valence-electron chi connectivity index (χ3n) is 6.53. The van der Waals surface area contributed by atoms with Crippen LogP contribution in [0.3, 0.4) is 0 Å². The SMILES string of the molecule is O=c1c2ccccc2c2cc3c(cc12)c(=O)c1cc2ccc4ccccc4c2cc13. The maximum Gasteiger partial charge on any atom is 0.194 e. The number of hydrogen-bond acceptors (Lipinski definition) is 2. The Hall–Kier alpha value is -4.04. The molecule has 0 aliphatic heterocycles. The Labute approximate surface area is 170 Å². The highest BCUT2D eigenvalue weighted by Gasteiger charge is 2.17. The van der Waals surface area contributed by atoms with Crippen molar-refractivity contribution in [2.24, 2.45) is 0 Å². The summed E-state index contributed by atoms with van der Waals surface area (Å²) >= 11 is 0. The van der Waals surface area contributed by atoms with Crippen molar-refractivity contribution in [2.75, 3.05) is 0 Å². The van der Waals surface area contributed by atoms with Crippen LogP contribution in [0.2, 0.25) is 0 Å². The fraction of sp³-hybridized carbons (Fsp3) is 0. The van der Waals surface area contributed by atoms with Gasteiger partial charge in [0.25, 0.3) is 0 Å². The van der Waals surface area contributed by atoms with Crippen molar-refractivity contribution >= 4 is 64.6 Å². The summed E-state index contributed by atoms with van der Waals surface area (Å²) in [6.45, 7) is 0. The highest BCUT2D eigenvalue weighted by molar-refractivity contribution is 6.24. The Morgan fingerprint density at radius 2 is 0.833 bits per heavy atom. The maximum atomic E-state index is 13.3. The molecule has 0 saturated heterocycles. The van der Waals surface area contributed by atoms with E-state index in [0.717, 1.165) is 37.7 Å². The highest BCUT2D eigenvalue weighted by atomic mass is 16.1. The van der Waals surface area contributed by atoms with Crippen molar-refractivity contribution in [1.82, 2.24) is 0 Å². The lowest BCUT2D eigenvalue weighted by molar-refractivity contribution is 1.79. The number of fused-ring (bicyclic) bond motifs is 9. The first-order valence-corrected chi connectivity index (χ1v) is 10.0. The van der Waals surface area contributed by atoms with Gasteiger partial charge in [0.1, 0.15) is 0 Å². The second kappa shape index (κ2) is 5.31. The van der Waals surface area contributed by atoms with Gasteiger partial charge in [-0.05, 0) is 67.4 Å². The van der Waals surface area contributed by atoms with E-state index >= 15 is 0 Å². The summed E-state index contributed by atoms with van der Waals surface area (Å²) in [4.78, 5) is 26.2. The van der Waals surface area contributed by atoms with Crippen molar-refractivity contribution in [3.05, 3.63) is 105 Å². The van der Waals surface area contributed by atoms with Crippen LogP contribution in [0.25, 0.3) is 64.6 Å². The molecule has 0 radical (unpaired) electrons. The summed E-state index contributed by atoms with van der Waals surface area (Å²) in [5, 5.41) is 11.0. The molecule has 30 heavy (non-hydrogen) atoms. The van der Waals surface area contributed by atoms with Crippen LogP contribution in [0.4, 0.5) is 0 Å². The molecule has 138 valence electrons. The minimum absolute atomic E-state index is 0.00150. The van der Waals surface area contributed by atoms with Crippen LogP contribution in [-0.4, -0.2) is 0 Å². The first kappa shape index (κ1) is 15.8. The molecule has 0 unspecified atom stereocenters. The smallest absolute Gasteiger partial charge is 0.194 e. The van der Waals surface area contributed by atoms with Crippen molar-refractivity contribution in [3.63, 3.8) is 0 Å². The van der Waals surface area contributed by atoms with E-state index in [2.05, 4.69) is 30.3 Å². The van der Waals surface area contributed by atoms with Gasteiger partial charge in [0.05, 0.1) is 0 Å².